The lowest BCUT2D eigenvalue weighted by atomic mass is 10.2. The first-order valence-electron chi connectivity index (χ1n) is 12.5. The molecule has 0 fully saturated rings. The third kappa shape index (κ3) is 19.1. The Hall–Kier alpha value is -1.78. The van der Waals surface area contributed by atoms with Crippen LogP contribution in [0.4, 0.5) is 9.59 Å². The molecule has 3 N–H and O–H groups in total. The third-order valence-electron chi connectivity index (χ3n) is 4.09. The number of phenolic OH excluding ortho intramolecular Hbond substituents is 1. The van der Waals surface area contributed by atoms with E-state index < -0.39 is 17.3 Å². The summed E-state index contributed by atoms with van der Waals surface area (Å²) in [6, 6.07) is 9.79. The number of benzene rings is 2. The zero-order chi connectivity index (χ0) is 32.0. The Balaban J connectivity index is 0.000000645. The van der Waals surface area contributed by atoms with Crippen molar-refractivity contribution in [2.45, 2.75) is 78.7 Å². The van der Waals surface area contributed by atoms with Crippen LogP contribution in [0, 0.1) is 0 Å². The van der Waals surface area contributed by atoms with Crippen LogP contribution in [0.3, 0.4) is 0 Å². The summed E-state index contributed by atoms with van der Waals surface area (Å²) in [5.74, 6) is 0.356. The second-order valence-corrected chi connectivity index (χ2v) is 13.0. The lowest BCUT2D eigenvalue weighted by Gasteiger charge is -2.22. The van der Waals surface area contributed by atoms with E-state index in [9.17, 15) is 9.59 Å². The third-order valence-corrected chi connectivity index (χ3v) is 6.27. The van der Waals surface area contributed by atoms with Crippen molar-refractivity contribution in [3.05, 3.63) is 56.5 Å². The minimum absolute atomic E-state index is 0.0548. The highest BCUT2D eigenvalue weighted by Crippen LogP contribution is 2.32. The van der Waals surface area contributed by atoms with Crippen LogP contribution in [0.25, 0.3) is 0 Å². The van der Waals surface area contributed by atoms with Gasteiger partial charge in [0.05, 0.1) is 26.1 Å². The monoisotopic (exact) mass is 718 g/mol. The molecule has 0 aliphatic heterocycles. The molecule has 0 radical (unpaired) electrons. The van der Waals surface area contributed by atoms with Crippen LogP contribution in [0.5, 0.6) is 11.5 Å². The molecule has 0 aliphatic rings. The number of hydrogen-bond acceptors (Lipinski definition) is 6. The van der Waals surface area contributed by atoms with Crippen molar-refractivity contribution in [2.75, 3.05) is 11.9 Å². The predicted molar refractivity (Wildman–Crippen MR) is 172 cm³/mol. The van der Waals surface area contributed by atoms with Gasteiger partial charge in [0, 0.05) is 11.4 Å². The first-order valence-corrected chi connectivity index (χ1v) is 15.1. The number of halogens is 5. The van der Waals surface area contributed by atoms with E-state index in [2.05, 4.69) is 26.6 Å². The number of alkyl carbamates (subject to hydrolysis) is 2. The topological polar surface area (TPSA) is 106 Å². The molecule has 2 aromatic rings. The smallest absolute Gasteiger partial charge is 0.407 e. The number of para-hydroxylation sites is 2. The Morgan fingerprint density at radius 1 is 0.780 bits per heavy atom. The largest absolute Gasteiger partial charge is 0.505 e. The van der Waals surface area contributed by atoms with Crippen molar-refractivity contribution in [1.82, 2.24) is 10.6 Å². The Labute approximate surface area is 271 Å². The predicted octanol–water partition coefficient (Wildman–Crippen LogP) is 9.28. The molecule has 0 saturated carbocycles. The summed E-state index contributed by atoms with van der Waals surface area (Å²) in [7, 11) is 0. The van der Waals surface area contributed by atoms with Crippen molar-refractivity contribution in [3.63, 3.8) is 0 Å². The zero-order valence-electron chi connectivity index (χ0n) is 24.4. The number of carbonyl (C=O) groups is 2. The number of rotatable bonds is 6. The molecule has 2 aromatic carbocycles. The molecule has 41 heavy (non-hydrogen) atoms. The van der Waals surface area contributed by atoms with Crippen LogP contribution >= 0.6 is 62.3 Å². The highest BCUT2D eigenvalue weighted by molar-refractivity contribution is 9.09. The van der Waals surface area contributed by atoms with E-state index in [0.29, 0.717) is 15.8 Å². The molecule has 2 rings (SSSR count). The van der Waals surface area contributed by atoms with Crippen molar-refractivity contribution in [1.29, 1.82) is 0 Å². The fraction of sp³-hybridized carbons (Fsp3) is 0.500. The molecule has 13 heteroatoms. The van der Waals surface area contributed by atoms with E-state index in [0.717, 1.165) is 5.33 Å². The molecular weight excluding hydrogens is 682 g/mol. The number of hydrogen-bond donors (Lipinski definition) is 3. The summed E-state index contributed by atoms with van der Waals surface area (Å²) in [6.07, 6.45) is -0.853. The van der Waals surface area contributed by atoms with Gasteiger partial charge in [-0.3, -0.25) is 0 Å². The minimum atomic E-state index is -0.531. The van der Waals surface area contributed by atoms with Gasteiger partial charge in [-0.1, -0.05) is 74.5 Å². The number of phenols is 1. The van der Waals surface area contributed by atoms with E-state index in [-0.39, 0.29) is 40.6 Å². The average molecular weight is 721 g/mol. The van der Waals surface area contributed by atoms with E-state index in [1.54, 1.807) is 64.1 Å². The maximum absolute atomic E-state index is 11.6. The molecular formula is C28H39BrCl4N2O6. The van der Waals surface area contributed by atoms with E-state index in [1.165, 1.54) is 0 Å². The Morgan fingerprint density at radius 2 is 1.15 bits per heavy atom. The van der Waals surface area contributed by atoms with Crippen LogP contribution < -0.4 is 15.4 Å². The van der Waals surface area contributed by atoms with Gasteiger partial charge in [0.1, 0.15) is 17.8 Å². The van der Waals surface area contributed by atoms with Gasteiger partial charge in [-0.2, -0.15) is 0 Å². The summed E-state index contributed by atoms with van der Waals surface area (Å²) >= 11 is 26.2. The summed E-state index contributed by atoms with van der Waals surface area (Å²) in [5.41, 5.74) is -0.952. The lowest BCUT2D eigenvalue weighted by Crippen LogP contribution is -2.40. The fourth-order valence-corrected chi connectivity index (χ4v) is 3.48. The average Bonchev–Trinajstić information content (AvgIpc) is 2.80. The second kappa shape index (κ2) is 18.7. The van der Waals surface area contributed by atoms with Gasteiger partial charge in [-0.25, -0.2) is 9.59 Å². The van der Waals surface area contributed by atoms with E-state index >= 15 is 0 Å². The van der Waals surface area contributed by atoms with Gasteiger partial charge in [0.2, 0.25) is 0 Å². The van der Waals surface area contributed by atoms with Gasteiger partial charge in [-0.05, 0) is 79.7 Å². The Kier molecular flexibility index (Phi) is 17.9. The van der Waals surface area contributed by atoms with E-state index in [4.69, 9.17) is 65.7 Å². The maximum atomic E-state index is 11.6. The quantitative estimate of drug-likeness (QED) is 0.257. The summed E-state index contributed by atoms with van der Waals surface area (Å²) in [4.78, 5) is 22.6. The molecule has 0 spiro atoms. The molecule has 2 amide bonds. The fourth-order valence-electron chi connectivity index (χ4n) is 2.42. The molecule has 8 nitrogen and oxygen atoms in total. The van der Waals surface area contributed by atoms with Crippen LogP contribution in [0.1, 0.15) is 55.4 Å². The zero-order valence-corrected chi connectivity index (χ0v) is 29.0. The number of nitrogens with one attached hydrogen (secondary N) is 2. The number of ether oxygens (including phenoxy) is 3. The SMILES string of the molecule is C[C@H](CBr)NC(=O)OC(C)(C)C.C[C@H](COc1c(Cl)cccc1Cl)NC(=O)OC(C)(C)C.Oc1c(Cl)cccc1Cl. The molecule has 0 aromatic heterocycles. The van der Waals surface area contributed by atoms with Crippen LogP contribution in [0.2, 0.25) is 20.1 Å². The minimum Gasteiger partial charge on any atom is -0.505 e. The summed E-state index contributed by atoms with van der Waals surface area (Å²) in [6.45, 7) is 14.9. The summed E-state index contributed by atoms with van der Waals surface area (Å²) in [5, 5.41) is 16.4. The van der Waals surface area contributed by atoms with Crippen molar-refractivity contribution < 1.29 is 28.9 Å². The van der Waals surface area contributed by atoms with Crippen molar-refractivity contribution in [2.24, 2.45) is 0 Å². The Bertz CT molecular complexity index is 1070. The molecule has 0 bridgehead atoms. The summed E-state index contributed by atoms with van der Waals surface area (Å²) < 4.78 is 15.7. The van der Waals surface area contributed by atoms with Crippen molar-refractivity contribution in [3.8, 4) is 11.5 Å². The molecule has 2 atom stereocenters. The van der Waals surface area contributed by atoms with Gasteiger partial charge in [-0.15, -0.1) is 0 Å². The first kappa shape index (κ1) is 39.2. The van der Waals surface area contributed by atoms with Crippen LogP contribution in [-0.4, -0.2) is 52.5 Å². The number of alkyl halides is 1. The van der Waals surface area contributed by atoms with Crippen LogP contribution in [-0.2, 0) is 9.47 Å². The molecule has 0 saturated heterocycles. The maximum Gasteiger partial charge on any atom is 0.407 e. The Morgan fingerprint density at radius 3 is 1.49 bits per heavy atom. The number of carbonyl (C=O) groups excluding carboxylic acids is 2. The molecule has 0 unspecified atom stereocenters. The van der Waals surface area contributed by atoms with Gasteiger partial charge in [0.15, 0.2) is 11.5 Å². The number of aromatic hydroxyl groups is 1. The molecule has 0 heterocycles. The van der Waals surface area contributed by atoms with Crippen LogP contribution in [0.15, 0.2) is 36.4 Å². The normalized spacial score (nSPS) is 12.3. The van der Waals surface area contributed by atoms with Gasteiger partial charge in [0.25, 0.3) is 0 Å². The molecule has 232 valence electrons. The standard InChI is InChI=1S/C14H19Cl2NO3.C8H16BrNO2.C6H4Cl2O/c1-9(17-13(18)20-14(2,3)4)8-19-12-10(15)6-5-7-11(12)16;1-6(5-9)10-7(11)12-8(2,3)4;7-4-2-1-3-5(8)6(4)9/h5-7,9H,8H2,1-4H3,(H,17,18);6H,5H2,1-4H3,(H,10,11);1-3,9H/t9-;6-;/m11./s1. The highest BCUT2D eigenvalue weighted by Gasteiger charge is 2.19. The lowest BCUT2D eigenvalue weighted by molar-refractivity contribution is 0.0488. The van der Waals surface area contributed by atoms with Crippen molar-refractivity contribution >= 4 is 74.5 Å². The van der Waals surface area contributed by atoms with Gasteiger partial charge >= 0.3 is 12.2 Å². The first-order chi connectivity index (χ1) is 18.8. The number of amides is 2. The molecule has 0 aliphatic carbocycles. The van der Waals surface area contributed by atoms with E-state index in [1.807, 2.05) is 27.7 Å². The highest BCUT2D eigenvalue weighted by atomic mass is 79.9. The van der Waals surface area contributed by atoms with Gasteiger partial charge < -0.3 is 30.0 Å². The second-order valence-electron chi connectivity index (χ2n) is 10.7.